The fraction of sp³-hybridized carbons (Fsp3) is 0.396. The number of ether oxygens (including phenoxy) is 5. The van der Waals surface area contributed by atoms with Gasteiger partial charge < -0.3 is 23.7 Å². The minimum absolute atomic E-state index is 0.00498. The van der Waals surface area contributed by atoms with Crippen molar-refractivity contribution in [3.05, 3.63) is 120 Å². The van der Waals surface area contributed by atoms with E-state index in [4.69, 9.17) is 28.7 Å². The molecule has 62 heavy (non-hydrogen) atoms. The van der Waals surface area contributed by atoms with E-state index in [1.807, 2.05) is 113 Å². The van der Waals surface area contributed by atoms with Crippen molar-refractivity contribution in [3.8, 4) is 32.5 Å². The molecule has 0 N–H and O–H groups in total. The Morgan fingerprint density at radius 3 is 2.19 bits per heavy atom. The molecule has 1 aliphatic rings. The fourth-order valence-electron chi connectivity index (χ4n) is 7.43. The van der Waals surface area contributed by atoms with Crippen LogP contribution in [0.25, 0.3) is 21.0 Å². The summed E-state index contributed by atoms with van der Waals surface area (Å²) in [6.45, 7) is 15.4. The Labute approximate surface area is 369 Å². The number of aromatic nitrogens is 1. The Bertz CT molecular complexity index is 2410. The quantitative estimate of drug-likeness (QED) is 0.0882. The second-order valence-corrected chi connectivity index (χ2v) is 19.9. The largest absolute Gasteiger partial charge is 0.497 e. The summed E-state index contributed by atoms with van der Waals surface area (Å²) < 4.78 is 59.4. The number of carbonyl (C=O) groups is 2. The van der Waals surface area contributed by atoms with Gasteiger partial charge in [0.15, 0.2) is 5.69 Å². The van der Waals surface area contributed by atoms with Gasteiger partial charge in [-0.1, -0.05) is 80.6 Å². The van der Waals surface area contributed by atoms with Crippen LogP contribution in [0, 0.1) is 5.92 Å². The van der Waals surface area contributed by atoms with Crippen molar-refractivity contribution in [1.82, 2.24) is 14.2 Å². The molecule has 0 aliphatic carbocycles. The highest BCUT2D eigenvalue weighted by Gasteiger charge is 2.52. The monoisotopic (exact) mass is 883 g/mol. The van der Waals surface area contributed by atoms with Crippen LogP contribution >= 0.6 is 11.3 Å². The lowest BCUT2D eigenvalue weighted by Crippen LogP contribution is -2.52. The molecule has 0 spiro atoms. The minimum Gasteiger partial charge on any atom is -0.497 e. The topological polar surface area (TPSA) is 134 Å². The van der Waals surface area contributed by atoms with Crippen molar-refractivity contribution in [2.45, 2.75) is 96.8 Å². The van der Waals surface area contributed by atoms with Crippen molar-refractivity contribution in [2.24, 2.45) is 5.92 Å². The number of esters is 1. The first kappa shape index (κ1) is 46.2. The Balaban J connectivity index is 1.25. The zero-order valence-corrected chi connectivity index (χ0v) is 38.5. The molecule has 0 unspecified atom stereocenters. The Morgan fingerprint density at radius 1 is 0.919 bits per heavy atom. The maximum Gasteiger partial charge on any atom is 0.412 e. The second-order valence-electron chi connectivity index (χ2n) is 17.0. The van der Waals surface area contributed by atoms with Crippen LogP contribution in [0.4, 0.5) is 4.79 Å². The SMILES string of the molecule is CCOC(=O)c1nc(-c2ccccc2)sc1-c1ccccc1COc1ccc(C[C@H]2[C@@H](CN(CC(C)C)S(=O)(=O)c3ccc(OC)cc3)OC(C)(C)N2C(=O)OC(C)(C)C)cc1. The van der Waals surface area contributed by atoms with Crippen molar-refractivity contribution in [1.29, 1.82) is 0 Å². The van der Waals surface area contributed by atoms with Crippen LogP contribution in [-0.2, 0) is 37.3 Å². The number of carbonyl (C=O) groups excluding carboxylic acids is 2. The Hall–Kier alpha value is -5.28. The highest BCUT2D eigenvalue weighted by molar-refractivity contribution is 7.89. The lowest BCUT2D eigenvalue weighted by molar-refractivity contribution is -0.0807. The van der Waals surface area contributed by atoms with E-state index in [1.165, 1.54) is 34.9 Å². The molecular weight excluding hydrogens is 827 g/mol. The Morgan fingerprint density at radius 2 is 1.56 bits per heavy atom. The summed E-state index contributed by atoms with van der Waals surface area (Å²) in [5, 5.41) is 0.713. The smallest absolute Gasteiger partial charge is 0.412 e. The summed E-state index contributed by atoms with van der Waals surface area (Å²) in [6.07, 6.45) is -0.907. The number of benzene rings is 4. The van der Waals surface area contributed by atoms with Crippen molar-refractivity contribution in [2.75, 3.05) is 26.8 Å². The lowest BCUT2D eigenvalue weighted by Gasteiger charge is -2.35. The van der Waals surface area contributed by atoms with Crippen molar-refractivity contribution < 1.29 is 41.7 Å². The van der Waals surface area contributed by atoms with E-state index < -0.39 is 45.6 Å². The molecule has 0 bridgehead atoms. The van der Waals surface area contributed by atoms with E-state index in [1.54, 1.807) is 37.8 Å². The molecule has 1 amide bonds. The number of rotatable bonds is 16. The summed E-state index contributed by atoms with van der Waals surface area (Å²) in [7, 11) is -2.44. The molecule has 6 rings (SSSR count). The number of methoxy groups -OCH3 is 1. The van der Waals surface area contributed by atoms with Gasteiger partial charge in [0, 0.05) is 24.2 Å². The average molecular weight is 884 g/mol. The zero-order valence-electron chi connectivity index (χ0n) is 36.9. The third-order valence-electron chi connectivity index (χ3n) is 10.2. The molecule has 2 atom stereocenters. The van der Waals surface area contributed by atoms with E-state index in [2.05, 4.69) is 0 Å². The summed E-state index contributed by atoms with van der Waals surface area (Å²) in [5.41, 5.74) is 1.84. The van der Waals surface area contributed by atoms with E-state index in [0.717, 1.165) is 22.3 Å². The third-order valence-corrected chi connectivity index (χ3v) is 13.1. The summed E-state index contributed by atoms with van der Waals surface area (Å²) in [5.74, 6) is 0.682. The van der Waals surface area contributed by atoms with E-state index in [0.29, 0.717) is 27.8 Å². The van der Waals surface area contributed by atoms with Gasteiger partial charge in [-0.2, -0.15) is 4.31 Å². The van der Waals surface area contributed by atoms with Crippen molar-refractivity contribution >= 4 is 33.4 Å². The van der Waals surface area contributed by atoms with Crippen LogP contribution < -0.4 is 9.47 Å². The third kappa shape index (κ3) is 11.0. The van der Waals surface area contributed by atoms with Crippen LogP contribution in [0.3, 0.4) is 0 Å². The average Bonchev–Trinajstić information content (AvgIpc) is 3.78. The molecule has 4 aromatic carbocycles. The summed E-state index contributed by atoms with van der Waals surface area (Å²) >= 11 is 1.43. The molecule has 2 heterocycles. The molecule has 14 heteroatoms. The number of sulfonamides is 1. The maximum absolute atomic E-state index is 14.2. The first-order valence-corrected chi connectivity index (χ1v) is 23.0. The summed E-state index contributed by atoms with van der Waals surface area (Å²) in [6, 6.07) is 30.8. The minimum atomic E-state index is -3.96. The van der Waals surface area contributed by atoms with Gasteiger partial charge in [-0.05, 0) is 101 Å². The molecule has 12 nitrogen and oxygen atoms in total. The molecular formula is C48H57N3O9S2. The van der Waals surface area contributed by atoms with E-state index in [-0.39, 0.29) is 42.8 Å². The molecule has 1 fully saturated rings. The van der Waals surface area contributed by atoms with Gasteiger partial charge in [0.05, 0.1) is 35.6 Å². The standard InChI is InChI=1S/C48H57N3O9S2/c1-10-57-45(52)42-43(61-44(49-42)34-16-12-11-13-17-34)39-19-15-14-18-35(39)31-58-37-22-20-33(21-23-37)28-40-41(59-48(7,8)51(40)46(53)60-47(4,5)6)30-50(29-32(2)3)62(54,55)38-26-24-36(56-9)25-27-38/h11-27,32,40-41H,10,28-31H2,1-9H3/t40-,41+/m0/s1. The van der Waals surface area contributed by atoms with E-state index in [9.17, 15) is 18.0 Å². The van der Waals surface area contributed by atoms with Gasteiger partial charge in [-0.25, -0.2) is 23.0 Å². The number of thiazole rings is 1. The van der Waals surface area contributed by atoms with Crippen LogP contribution in [0.1, 0.15) is 77.0 Å². The normalized spacial score (nSPS) is 16.4. The van der Waals surface area contributed by atoms with E-state index >= 15 is 0 Å². The molecule has 330 valence electrons. The fourth-order valence-corrected chi connectivity index (χ4v) is 10.2. The van der Waals surface area contributed by atoms with Crippen LogP contribution in [0.2, 0.25) is 0 Å². The van der Waals surface area contributed by atoms with Gasteiger partial charge in [-0.3, -0.25) is 4.90 Å². The van der Waals surface area contributed by atoms with Crippen LogP contribution in [0.5, 0.6) is 11.5 Å². The first-order chi connectivity index (χ1) is 29.4. The zero-order chi connectivity index (χ0) is 44.8. The van der Waals surface area contributed by atoms with Gasteiger partial charge in [0.2, 0.25) is 10.0 Å². The number of hydrogen-bond acceptors (Lipinski definition) is 11. The lowest BCUT2D eigenvalue weighted by atomic mass is 9.99. The highest BCUT2D eigenvalue weighted by atomic mass is 32.2. The molecule has 1 aliphatic heterocycles. The number of amides is 1. The predicted octanol–water partition coefficient (Wildman–Crippen LogP) is 9.87. The molecule has 1 saturated heterocycles. The maximum atomic E-state index is 14.2. The van der Waals surface area contributed by atoms with Crippen LogP contribution in [-0.4, -0.2) is 84.9 Å². The molecule has 0 radical (unpaired) electrons. The summed E-state index contributed by atoms with van der Waals surface area (Å²) in [4.78, 5) is 34.3. The second kappa shape index (κ2) is 19.4. The van der Waals surface area contributed by atoms with Gasteiger partial charge >= 0.3 is 12.1 Å². The van der Waals surface area contributed by atoms with Crippen LogP contribution in [0.15, 0.2) is 108 Å². The van der Waals surface area contributed by atoms with Gasteiger partial charge in [-0.15, -0.1) is 11.3 Å². The first-order valence-electron chi connectivity index (χ1n) is 20.8. The molecule has 5 aromatic rings. The molecule has 1 aromatic heterocycles. The molecule has 0 saturated carbocycles. The highest BCUT2D eigenvalue weighted by Crippen LogP contribution is 2.39. The Kier molecular flexibility index (Phi) is 14.5. The number of nitrogens with zero attached hydrogens (tertiary/aromatic N) is 3. The van der Waals surface area contributed by atoms with Gasteiger partial charge in [0.1, 0.15) is 34.4 Å². The number of hydrogen-bond donors (Lipinski definition) is 0. The van der Waals surface area contributed by atoms with Gasteiger partial charge in [0.25, 0.3) is 0 Å². The predicted molar refractivity (Wildman–Crippen MR) is 241 cm³/mol. The van der Waals surface area contributed by atoms with Crippen molar-refractivity contribution in [3.63, 3.8) is 0 Å².